The fourth-order valence-corrected chi connectivity index (χ4v) is 2.99. The normalized spacial score (nSPS) is 15.9. The molecule has 0 atom stereocenters. The molecular formula is C18H14F3N3O. The van der Waals surface area contributed by atoms with Gasteiger partial charge in [0.15, 0.2) is 5.69 Å². The molecule has 2 heterocycles. The van der Waals surface area contributed by atoms with Gasteiger partial charge in [-0.05, 0) is 38.5 Å². The number of rotatable bonds is 1. The number of fused-ring (bicyclic) bond motifs is 1. The summed E-state index contributed by atoms with van der Waals surface area (Å²) in [6.45, 7) is 5.35. The Labute approximate surface area is 142 Å². The number of hydrogen-bond acceptors (Lipinski definition) is 3. The number of carbonyl (C=O) groups is 1. The number of amides is 1. The number of hydrogen-bond donors (Lipinski definition) is 0. The number of pyridine rings is 1. The highest BCUT2D eigenvalue weighted by Crippen LogP contribution is 2.46. The van der Waals surface area contributed by atoms with Crippen molar-refractivity contribution in [2.45, 2.75) is 32.4 Å². The summed E-state index contributed by atoms with van der Waals surface area (Å²) in [5.41, 5.74) is -0.517. The van der Waals surface area contributed by atoms with Gasteiger partial charge in [0.25, 0.3) is 0 Å². The fourth-order valence-electron chi connectivity index (χ4n) is 2.99. The van der Waals surface area contributed by atoms with Crippen molar-refractivity contribution in [2.24, 2.45) is 0 Å². The molecule has 1 aliphatic rings. The van der Waals surface area contributed by atoms with Crippen LogP contribution in [0.25, 0.3) is 0 Å². The van der Waals surface area contributed by atoms with Crippen molar-refractivity contribution >= 4 is 17.3 Å². The minimum Gasteiger partial charge on any atom is -0.278 e. The van der Waals surface area contributed by atoms with Gasteiger partial charge in [0.2, 0.25) is 5.91 Å². The van der Waals surface area contributed by atoms with Gasteiger partial charge >= 0.3 is 6.18 Å². The van der Waals surface area contributed by atoms with Crippen LogP contribution in [-0.4, -0.2) is 10.9 Å². The molecule has 0 radical (unpaired) electrons. The summed E-state index contributed by atoms with van der Waals surface area (Å²) in [7, 11) is 0. The van der Waals surface area contributed by atoms with Crippen LogP contribution < -0.4 is 4.90 Å². The van der Waals surface area contributed by atoms with Gasteiger partial charge < -0.3 is 0 Å². The molecule has 2 aromatic rings. The van der Waals surface area contributed by atoms with Crippen LogP contribution >= 0.6 is 0 Å². The van der Waals surface area contributed by atoms with Gasteiger partial charge in [-0.1, -0.05) is 17.7 Å². The second kappa shape index (κ2) is 5.31. The van der Waals surface area contributed by atoms with Crippen molar-refractivity contribution in [3.8, 4) is 6.07 Å². The molecule has 0 aliphatic carbocycles. The number of halogens is 3. The molecule has 25 heavy (non-hydrogen) atoms. The van der Waals surface area contributed by atoms with Crippen LogP contribution in [0, 0.1) is 18.3 Å². The van der Waals surface area contributed by atoms with E-state index in [0.29, 0.717) is 5.69 Å². The maximum atomic E-state index is 13.2. The second-order valence-corrected chi connectivity index (χ2v) is 6.49. The third-order valence-electron chi connectivity index (χ3n) is 4.35. The first-order valence-electron chi connectivity index (χ1n) is 7.50. The Hall–Kier alpha value is -2.88. The monoisotopic (exact) mass is 345 g/mol. The molecule has 0 unspecified atom stereocenters. The molecule has 0 bridgehead atoms. The highest BCUT2D eigenvalue weighted by atomic mass is 19.4. The molecule has 0 spiro atoms. The SMILES string of the molecule is Cc1ccc2c(c1)C(C)(C)C(=O)N2c1cnc(C#N)c(C(F)(F)F)c1. The Morgan fingerprint density at radius 1 is 1.24 bits per heavy atom. The predicted octanol–water partition coefficient (Wildman–Crippen LogP) is 4.24. The molecule has 1 amide bonds. The molecule has 1 aromatic heterocycles. The average molecular weight is 345 g/mol. The van der Waals surface area contributed by atoms with Crippen molar-refractivity contribution in [1.29, 1.82) is 5.26 Å². The molecule has 0 saturated carbocycles. The smallest absolute Gasteiger partial charge is 0.278 e. The van der Waals surface area contributed by atoms with Crippen molar-refractivity contribution in [2.75, 3.05) is 4.90 Å². The molecule has 0 N–H and O–H groups in total. The van der Waals surface area contributed by atoms with Crippen molar-refractivity contribution in [3.05, 3.63) is 52.8 Å². The van der Waals surface area contributed by atoms with E-state index in [4.69, 9.17) is 5.26 Å². The zero-order valence-corrected chi connectivity index (χ0v) is 13.8. The summed E-state index contributed by atoms with van der Waals surface area (Å²) in [4.78, 5) is 17.7. The van der Waals surface area contributed by atoms with Crippen LogP contribution in [0.5, 0.6) is 0 Å². The standard InChI is InChI=1S/C18H14F3N3O/c1-10-4-5-15-13(6-10)17(2,3)16(25)24(15)11-7-12(18(19,20)21)14(8-22)23-9-11/h4-7,9H,1-3H3. The van der Waals surface area contributed by atoms with Gasteiger partial charge in [-0.2, -0.15) is 18.4 Å². The molecule has 128 valence electrons. The zero-order valence-electron chi connectivity index (χ0n) is 13.8. The van der Waals surface area contributed by atoms with Crippen LogP contribution in [0.1, 0.15) is 36.2 Å². The molecule has 1 aromatic carbocycles. The van der Waals surface area contributed by atoms with Crippen molar-refractivity contribution in [3.63, 3.8) is 0 Å². The van der Waals surface area contributed by atoms with Gasteiger partial charge in [0.05, 0.1) is 28.6 Å². The number of alkyl halides is 3. The molecule has 0 saturated heterocycles. The number of aromatic nitrogens is 1. The number of aryl methyl sites for hydroxylation is 1. The summed E-state index contributed by atoms with van der Waals surface area (Å²) in [5.74, 6) is -0.340. The minimum atomic E-state index is -4.73. The van der Waals surface area contributed by atoms with Crippen LogP contribution in [0.2, 0.25) is 0 Å². The van der Waals surface area contributed by atoms with Gasteiger partial charge in [-0.25, -0.2) is 4.98 Å². The van der Waals surface area contributed by atoms with E-state index in [9.17, 15) is 18.0 Å². The van der Waals surface area contributed by atoms with E-state index in [1.807, 2.05) is 13.0 Å². The first kappa shape index (κ1) is 17.0. The summed E-state index contributed by atoms with van der Waals surface area (Å²) < 4.78 is 39.6. The first-order valence-corrected chi connectivity index (χ1v) is 7.50. The molecule has 3 rings (SSSR count). The molecular weight excluding hydrogens is 331 g/mol. The third-order valence-corrected chi connectivity index (χ3v) is 4.35. The number of nitrogens with zero attached hydrogens (tertiary/aromatic N) is 3. The van der Waals surface area contributed by atoms with E-state index < -0.39 is 22.8 Å². The lowest BCUT2D eigenvalue weighted by Crippen LogP contribution is -2.33. The van der Waals surface area contributed by atoms with Crippen LogP contribution in [0.15, 0.2) is 30.5 Å². The Morgan fingerprint density at radius 2 is 1.92 bits per heavy atom. The van der Waals surface area contributed by atoms with Crippen LogP contribution in [-0.2, 0) is 16.4 Å². The maximum absolute atomic E-state index is 13.2. The quantitative estimate of drug-likeness (QED) is 0.777. The lowest BCUT2D eigenvalue weighted by molar-refractivity contribution is -0.138. The predicted molar refractivity (Wildman–Crippen MR) is 85.3 cm³/mol. The summed E-state index contributed by atoms with van der Waals surface area (Å²) >= 11 is 0. The highest BCUT2D eigenvalue weighted by molar-refractivity contribution is 6.12. The topological polar surface area (TPSA) is 57.0 Å². The van der Waals surface area contributed by atoms with E-state index in [2.05, 4.69) is 4.98 Å². The van der Waals surface area contributed by atoms with Crippen LogP contribution in [0.3, 0.4) is 0 Å². The van der Waals surface area contributed by atoms with Crippen LogP contribution in [0.4, 0.5) is 24.5 Å². The van der Waals surface area contributed by atoms with Gasteiger partial charge in [0, 0.05) is 0 Å². The number of benzene rings is 1. The number of carbonyl (C=O) groups excluding carboxylic acids is 1. The van der Waals surface area contributed by atoms with E-state index >= 15 is 0 Å². The Bertz CT molecular complexity index is 926. The third kappa shape index (κ3) is 2.54. The highest BCUT2D eigenvalue weighted by Gasteiger charge is 2.45. The molecule has 4 nitrogen and oxygen atoms in total. The van der Waals surface area contributed by atoms with Gasteiger partial charge in [0.1, 0.15) is 6.07 Å². The Balaban J connectivity index is 2.22. The van der Waals surface area contributed by atoms with E-state index in [1.54, 1.807) is 26.0 Å². The van der Waals surface area contributed by atoms with E-state index in [1.165, 1.54) is 11.0 Å². The number of nitriles is 1. The summed E-state index contributed by atoms with van der Waals surface area (Å²) in [6, 6.07) is 7.60. The van der Waals surface area contributed by atoms with Gasteiger partial charge in [-0.15, -0.1) is 0 Å². The van der Waals surface area contributed by atoms with Crippen molar-refractivity contribution in [1.82, 2.24) is 4.98 Å². The lowest BCUT2D eigenvalue weighted by atomic mass is 9.85. The van der Waals surface area contributed by atoms with Crippen molar-refractivity contribution < 1.29 is 18.0 Å². The molecule has 1 aliphatic heterocycles. The lowest BCUT2D eigenvalue weighted by Gasteiger charge is -2.21. The average Bonchev–Trinajstić information content (AvgIpc) is 2.73. The first-order chi connectivity index (χ1) is 11.6. The maximum Gasteiger partial charge on any atom is 0.419 e. The van der Waals surface area contributed by atoms with Gasteiger partial charge in [-0.3, -0.25) is 9.69 Å². The minimum absolute atomic E-state index is 0.00740. The second-order valence-electron chi connectivity index (χ2n) is 6.49. The van der Waals surface area contributed by atoms with E-state index in [-0.39, 0.29) is 11.6 Å². The Kier molecular flexibility index (Phi) is 3.60. The molecule has 7 heteroatoms. The summed E-state index contributed by atoms with van der Waals surface area (Å²) in [5, 5.41) is 8.87. The largest absolute Gasteiger partial charge is 0.419 e. The zero-order chi connectivity index (χ0) is 18.6. The number of anilines is 2. The fraction of sp³-hybridized carbons (Fsp3) is 0.278. The Morgan fingerprint density at radius 3 is 2.52 bits per heavy atom. The van der Waals surface area contributed by atoms with E-state index in [0.717, 1.165) is 23.4 Å². The summed E-state index contributed by atoms with van der Waals surface area (Å²) in [6.07, 6.45) is -3.61. The molecule has 0 fully saturated rings.